The van der Waals surface area contributed by atoms with Crippen molar-refractivity contribution in [1.29, 1.82) is 0 Å². The molecule has 4 heteroatoms. The van der Waals surface area contributed by atoms with Crippen LogP contribution in [0.2, 0.25) is 0 Å². The second-order valence-corrected chi connectivity index (χ2v) is 13.5. The van der Waals surface area contributed by atoms with Crippen molar-refractivity contribution in [2.24, 2.45) is 0 Å². The summed E-state index contributed by atoms with van der Waals surface area (Å²) >= 11 is 0. The van der Waals surface area contributed by atoms with Crippen LogP contribution < -0.4 is 0 Å². The Morgan fingerprint density at radius 1 is 0.321 bits per heavy atom. The van der Waals surface area contributed by atoms with Gasteiger partial charge in [-0.2, -0.15) is 0 Å². The Morgan fingerprint density at radius 3 is 1.72 bits per heavy atom. The first-order valence-electron chi connectivity index (χ1n) is 17.9. The zero-order valence-electron chi connectivity index (χ0n) is 28.5. The minimum atomic E-state index is 0.599. The quantitative estimate of drug-likeness (QED) is 0.174. The van der Waals surface area contributed by atoms with Gasteiger partial charge in [0, 0.05) is 32.8 Å². The average Bonchev–Trinajstić information content (AvgIpc) is 3.62. The number of nitrogens with zero attached hydrogens (tertiary/aromatic N) is 3. The lowest BCUT2D eigenvalue weighted by Gasteiger charge is -2.11. The predicted molar refractivity (Wildman–Crippen MR) is 219 cm³/mol. The molecule has 11 rings (SSSR count). The highest BCUT2D eigenvalue weighted by molar-refractivity contribution is 6.22. The third-order valence-corrected chi connectivity index (χ3v) is 10.5. The fourth-order valence-electron chi connectivity index (χ4n) is 8.00. The average molecular weight is 676 g/mol. The Hall–Kier alpha value is -7.17. The summed E-state index contributed by atoms with van der Waals surface area (Å²) in [7, 11) is 0. The van der Waals surface area contributed by atoms with Crippen molar-refractivity contribution in [3.63, 3.8) is 0 Å². The van der Waals surface area contributed by atoms with Gasteiger partial charge in [0.15, 0.2) is 17.5 Å². The number of hydrogen-bond donors (Lipinski definition) is 0. The molecule has 9 aromatic carbocycles. The van der Waals surface area contributed by atoms with E-state index in [0.717, 1.165) is 65.9 Å². The maximum absolute atomic E-state index is 6.69. The van der Waals surface area contributed by atoms with Gasteiger partial charge >= 0.3 is 0 Å². The lowest BCUT2D eigenvalue weighted by molar-refractivity contribution is 0.673. The van der Waals surface area contributed by atoms with Gasteiger partial charge in [0.25, 0.3) is 0 Å². The fraction of sp³-hybridized carbons (Fsp3) is 0. The fourth-order valence-corrected chi connectivity index (χ4v) is 8.00. The van der Waals surface area contributed by atoms with Crippen LogP contribution in [0.15, 0.2) is 180 Å². The molecule has 0 bridgehead atoms. The van der Waals surface area contributed by atoms with Crippen molar-refractivity contribution >= 4 is 65.0 Å². The predicted octanol–water partition coefficient (Wildman–Crippen LogP) is 13.1. The van der Waals surface area contributed by atoms with Gasteiger partial charge < -0.3 is 4.42 Å². The van der Waals surface area contributed by atoms with Crippen LogP contribution in [0.4, 0.5) is 0 Å². The number of benzene rings is 9. The molecule has 0 N–H and O–H groups in total. The largest absolute Gasteiger partial charge is 0.455 e. The Balaban J connectivity index is 1.15. The van der Waals surface area contributed by atoms with Crippen LogP contribution in [-0.4, -0.2) is 15.0 Å². The van der Waals surface area contributed by atoms with Crippen molar-refractivity contribution in [3.05, 3.63) is 176 Å². The molecule has 53 heavy (non-hydrogen) atoms. The molecular weight excluding hydrogens is 647 g/mol. The first kappa shape index (κ1) is 29.5. The summed E-state index contributed by atoms with van der Waals surface area (Å²) in [6, 6.07) is 61.6. The molecule has 2 heterocycles. The molecule has 11 aromatic rings. The van der Waals surface area contributed by atoms with E-state index in [1.54, 1.807) is 0 Å². The van der Waals surface area contributed by atoms with E-state index in [0.29, 0.717) is 17.5 Å². The summed E-state index contributed by atoms with van der Waals surface area (Å²) < 4.78 is 6.69. The van der Waals surface area contributed by atoms with Crippen molar-refractivity contribution in [2.75, 3.05) is 0 Å². The minimum Gasteiger partial charge on any atom is -0.455 e. The van der Waals surface area contributed by atoms with E-state index in [2.05, 4.69) is 133 Å². The zero-order valence-corrected chi connectivity index (χ0v) is 28.5. The lowest BCUT2D eigenvalue weighted by atomic mass is 9.94. The van der Waals surface area contributed by atoms with Gasteiger partial charge in [-0.25, -0.2) is 15.0 Å². The standard InChI is InChI=1S/C49H29N3O/c1-3-12-30(13-4-1)42-29-43-45-41(20-11-21-44(45)53-46(43)40-19-10-9-18-37(40)42)49-51-47(32-15-5-2-6-16-32)50-48(52-49)34-24-25-36-33(28-34)23-27-38-35-17-8-7-14-31(35)22-26-39(36)38/h1-29H. The molecule has 0 spiro atoms. The van der Waals surface area contributed by atoms with Crippen molar-refractivity contribution < 1.29 is 4.42 Å². The van der Waals surface area contributed by atoms with Crippen molar-refractivity contribution in [3.8, 4) is 45.3 Å². The number of hydrogen-bond acceptors (Lipinski definition) is 4. The van der Waals surface area contributed by atoms with Gasteiger partial charge in [-0.15, -0.1) is 0 Å². The molecule has 0 saturated carbocycles. The Labute approximate surface area is 304 Å². The molecule has 0 aliphatic carbocycles. The van der Waals surface area contributed by atoms with E-state index >= 15 is 0 Å². The molecular formula is C49H29N3O. The molecule has 0 radical (unpaired) electrons. The molecule has 4 nitrogen and oxygen atoms in total. The first-order chi connectivity index (χ1) is 26.3. The minimum absolute atomic E-state index is 0.599. The third-order valence-electron chi connectivity index (χ3n) is 10.5. The smallest absolute Gasteiger partial charge is 0.164 e. The highest BCUT2D eigenvalue weighted by Crippen LogP contribution is 2.43. The Kier molecular flexibility index (Phi) is 6.52. The van der Waals surface area contributed by atoms with Gasteiger partial charge in [-0.3, -0.25) is 0 Å². The van der Waals surface area contributed by atoms with Crippen LogP contribution >= 0.6 is 0 Å². The van der Waals surface area contributed by atoms with E-state index in [4.69, 9.17) is 19.4 Å². The Morgan fingerprint density at radius 2 is 0.925 bits per heavy atom. The molecule has 0 aliphatic heterocycles. The number of furan rings is 1. The Bertz CT molecular complexity index is 3220. The molecule has 0 amide bonds. The molecule has 0 atom stereocenters. The van der Waals surface area contributed by atoms with E-state index in [1.807, 2.05) is 42.5 Å². The van der Waals surface area contributed by atoms with Crippen LogP contribution in [0.25, 0.3) is 110 Å². The monoisotopic (exact) mass is 675 g/mol. The van der Waals surface area contributed by atoms with E-state index in [1.165, 1.54) is 26.9 Å². The summed E-state index contributed by atoms with van der Waals surface area (Å²) in [6.07, 6.45) is 0. The maximum Gasteiger partial charge on any atom is 0.164 e. The molecule has 0 fully saturated rings. The molecule has 246 valence electrons. The van der Waals surface area contributed by atoms with Crippen LogP contribution in [0.5, 0.6) is 0 Å². The van der Waals surface area contributed by atoms with E-state index in [9.17, 15) is 0 Å². The molecule has 0 aliphatic rings. The van der Waals surface area contributed by atoms with Crippen LogP contribution in [-0.2, 0) is 0 Å². The topological polar surface area (TPSA) is 51.8 Å². The zero-order chi connectivity index (χ0) is 34.9. The van der Waals surface area contributed by atoms with Crippen LogP contribution in [0.1, 0.15) is 0 Å². The van der Waals surface area contributed by atoms with Crippen molar-refractivity contribution in [2.45, 2.75) is 0 Å². The van der Waals surface area contributed by atoms with E-state index in [-0.39, 0.29) is 0 Å². The van der Waals surface area contributed by atoms with Crippen molar-refractivity contribution in [1.82, 2.24) is 15.0 Å². The van der Waals surface area contributed by atoms with Crippen LogP contribution in [0, 0.1) is 0 Å². The lowest BCUT2D eigenvalue weighted by Crippen LogP contribution is -2.00. The summed E-state index contributed by atoms with van der Waals surface area (Å²) in [5.74, 6) is 1.84. The number of rotatable bonds is 4. The molecule has 2 aromatic heterocycles. The van der Waals surface area contributed by atoms with Gasteiger partial charge in [-0.05, 0) is 67.0 Å². The van der Waals surface area contributed by atoms with Gasteiger partial charge in [0.1, 0.15) is 11.2 Å². The van der Waals surface area contributed by atoms with Gasteiger partial charge in [0.05, 0.1) is 0 Å². The number of aromatic nitrogens is 3. The van der Waals surface area contributed by atoms with Gasteiger partial charge in [0.2, 0.25) is 0 Å². The summed E-state index contributed by atoms with van der Waals surface area (Å²) in [6.45, 7) is 0. The second kappa shape index (κ2) is 11.7. The summed E-state index contributed by atoms with van der Waals surface area (Å²) in [5.41, 5.74) is 6.72. The first-order valence-corrected chi connectivity index (χ1v) is 17.9. The summed E-state index contributed by atoms with van der Waals surface area (Å²) in [5, 5.41) is 11.6. The normalized spacial score (nSPS) is 11.8. The molecule has 0 unspecified atom stereocenters. The third kappa shape index (κ3) is 4.73. The summed E-state index contributed by atoms with van der Waals surface area (Å²) in [4.78, 5) is 15.5. The molecule has 0 saturated heterocycles. The van der Waals surface area contributed by atoms with Gasteiger partial charge in [-0.1, -0.05) is 158 Å². The van der Waals surface area contributed by atoms with Crippen LogP contribution in [0.3, 0.4) is 0 Å². The second-order valence-electron chi connectivity index (χ2n) is 13.5. The number of fused-ring (bicyclic) bond motifs is 10. The maximum atomic E-state index is 6.69. The SMILES string of the molecule is c1ccc(-c2nc(-c3ccc4c(ccc5c6ccccc6ccc45)c3)nc(-c3cccc4oc5c6ccccc6c(-c6ccccc6)cc5c34)n2)cc1. The highest BCUT2D eigenvalue weighted by Gasteiger charge is 2.21. The van der Waals surface area contributed by atoms with E-state index < -0.39 is 0 Å². The highest BCUT2D eigenvalue weighted by atomic mass is 16.3.